The number of ether oxygens (including phenoxy) is 3. The number of carbonyl (C=O) groups excluding carboxylic acids is 4. The molecule has 1 aromatic heterocycles. The van der Waals surface area contributed by atoms with Gasteiger partial charge in [0, 0.05) is 18.7 Å². The fourth-order valence-corrected chi connectivity index (χ4v) is 8.75. The molecule has 3 rings (SSSR count). The fraction of sp³-hybridized carbons (Fsp3) is 0.548. The maximum atomic E-state index is 14.1. The summed E-state index contributed by atoms with van der Waals surface area (Å²) in [5, 5.41) is 15.8. The number of hydrogen-bond donors (Lipinski definition) is 1. The number of aldehydes is 1. The summed E-state index contributed by atoms with van der Waals surface area (Å²) in [6.45, 7) is 9.73. The van der Waals surface area contributed by atoms with Crippen LogP contribution >= 0.6 is 10.8 Å². The van der Waals surface area contributed by atoms with Crippen LogP contribution in [0.5, 0.6) is 5.88 Å². The molecule has 1 N–H and O–H groups in total. The molecule has 1 unspecified atom stereocenters. The van der Waals surface area contributed by atoms with Gasteiger partial charge in [0.15, 0.2) is 20.9 Å². The van der Waals surface area contributed by atoms with Crippen LogP contribution in [0.1, 0.15) is 76.8 Å². The van der Waals surface area contributed by atoms with E-state index in [9.17, 15) is 27.6 Å². The van der Waals surface area contributed by atoms with Gasteiger partial charge < -0.3 is 29.0 Å². The van der Waals surface area contributed by atoms with Crippen LogP contribution in [0.25, 0.3) is 0 Å². The molecule has 14 nitrogen and oxygen atoms in total. The molecule has 1 fully saturated rings. The second kappa shape index (κ2) is 15.7. The van der Waals surface area contributed by atoms with Crippen molar-refractivity contribution in [1.29, 1.82) is 5.26 Å². The van der Waals surface area contributed by atoms with Gasteiger partial charge in [-0.3, -0.25) is 14.4 Å². The van der Waals surface area contributed by atoms with Crippen LogP contribution < -0.4 is 10.1 Å². The van der Waals surface area contributed by atoms with Crippen LogP contribution in [0.3, 0.4) is 0 Å². The van der Waals surface area contributed by atoms with E-state index in [1.807, 2.05) is 6.07 Å². The molecule has 0 saturated carbocycles. The molecule has 2 amide bonds. The number of nitriles is 1. The van der Waals surface area contributed by atoms with Gasteiger partial charge in [-0.2, -0.15) is 5.26 Å². The van der Waals surface area contributed by atoms with E-state index < -0.39 is 61.8 Å². The molecule has 1 aliphatic heterocycles. The van der Waals surface area contributed by atoms with Crippen LogP contribution in [0.4, 0.5) is 4.79 Å². The first-order chi connectivity index (χ1) is 21.9. The number of nitrogens with zero attached hydrogens (tertiary/aromatic N) is 3. The Labute approximate surface area is 277 Å². The Bertz CT molecular complexity index is 1580. The number of likely N-dealkylation sites (tertiary alicyclic amines) is 1. The lowest BCUT2D eigenvalue weighted by Crippen LogP contribution is -2.48. The van der Waals surface area contributed by atoms with E-state index in [2.05, 4.69) is 10.5 Å². The summed E-state index contributed by atoms with van der Waals surface area (Å²) in [6, 6.07) is 8.62. The maximum Gasteiger partial charge on any atom is 0.508 e. The molecule has 0 spiro atoms. The van der Waals surface area contributed by atoms with E-state index in [1.165, 1.54) is 11.0 Å². The quantitative estimate of drug-likeness (QED) is 0.171. The molecule has 0 radical (unpaired) electrons. The van der Waals surface area contributed by atoms with Gasteiger partial charge in [0.05, 0.1) is 29.0 Å². The van der Waals surface area contributed by atoms with Gasteiger partial charge >= 0.3 is 6.16 Å². The van der Waals surface area contributed by atoms with Gasteiger partial charge in [0.25, 0.3) is 5.88 Å². The van der Waals surface area contributed by atoms with Crippen molar-refractivity contribution >= 4 is 43.9 Å². The first kappa shape index (κ1) is 37.4. The van der Waals surface area contributed by atoms with Crippen LogP contribution in [0.2, 0.25) is 0 Å². The highest BCUT2D eigenvalue weighted by molar-refractivity contribution is 8.72. The van der Waals surface area contributed by atoms with E-state index in [0.29, 0.717) is 22.6 Å². The van der Waals surface area contributed by atoms with Gasteiger partial charge in [-0.25, -0.2) is 13.2 Å². The highest BCUT2D eigenvalue weighted by Gasteiger charge is 2.46. The highest BCUT2D eigenvalue weighted by Crippen LogP contribution is 2.35. The molecule has 2 heterocycles. The number of nitrogens with one attached hydrogen (secondary N) is 1. The van der Waals surface area contributed by atoms with Crippen molar-refractivity contribution in [3.63, 3.8) is 0 Å². The Morgan fingerprint density at radius 1 is 1.21 bits per heavy atom. The zero-order chi connectivity index (χ0) is 35.1. The predicted octanol–water partition coefficient (Wildman–Crippen LogP) is 3.72. The standard InChI is InChI=1S/C31H40N4O10S2/c1-18(2)27(25-15-26(34-45-25)42-13-12-36)29(38)35-17-23(44-30(39)43-20(4)31(5,6)46-47(7,40)41)14-24(35)28(37)33-19(3)22-10-8-21(16-32)9-11-22/h8-12,15,18-20,23-24,27H,13-14,17H2,1-7H3,(H,33,37)/t19-,20?,23+,24-,27+/m0/s1. The molecule has 5 atom stereocenters. The topological polar surface area (TPSA) is 195 Å². The molecule has 1 aliphatic rings. The van der Waals surface area contributed by atoms with Crippen molar-refractivity contribution in [2.24, 2.45) is 5.92 Å². The molecule has 0 bridgehead atoms. The lowest BCUT2D eigenvalue weighted by molar-refractivity contribution is -0.141. The Morgan fingerprint density at radius 3 is 2.45 bits per heavy atom. The van der Waals surface area contributed by atoms with Gasteiger partial charge in [-0.15, -0.1) is 0 Å². The molecule has 16 heteroatoms. The largest absolute Gasteiger partial charge is 0.508 e. The van der Waals surface area contributed by atoms with E-state index in [1.54, 1.807) is 65.8 Å². The average molecular weight is 693 g/mol. The zero-order valence-corrected chi connectivity index (χ0v) is 28.9. The molecule has 256 valence electrons. The Balaban J connectivity index is 1.84. The second-order valence-electron chi connectivity index (χ2n) is 12.1. The predicted molar refractivity (Wildman–Crippen MR) is 171 cm³/mol. The normalized spacial score (nSPS) is 18.5. The molecule has 2 aromatic rings. The number of rotatable bonds is 14. The molecule has 0 aliphatic carbocycles. The SMILES string of the molecule is CC(C)[C@@H](C(=O)N1C[C@H](OC(=O)OC(C)C(C)(C)SS(C)(=O)=O)C[C@H]1C(=O)N[C@@H](C)c1ccc(C#N)cc1)c1cc(OCC=O)no1. The summed E-state index contributed by atoms with van der Waals surface area (Å²) in [6.07, 6.45) is -1.31. The van der Waals surface area contributed by atoms with Crippen molar-refractivity contribution in [1.82, 2.24) is 15.4 Å². The first-order valence-electron chi connectivity index (χ1n) is 14.9. The maximum absolute atomic E-state index is 14.1. The number of benzene rings is 1. The van der Waals surface area contributed by atoms with Crippen LogP contribution in [0.15, 0.2) is 34.9 Å². The molecular formula is C31H40N4O10S2. The van der Waals surface area contributed by atoms with E-state index >= 15 is 0 Å². The summed E-state index contributed by atoms with van der Waals surface area (Å²) in [5.41, 5.74) is 1.20. The summed E-state index contributed by atoms with van der Waals surface area (Å²) >= 11 is 0. The third-order valence-electron chi connectivity index (χ3n) is 7.67. The van der Waals surface area contributed by atoms with Gasteiger partial charge in [-0.1, -0.05) is 26.0 Å². The van der Waals surface area contributed by atoms with Crippen molar-refractivity contribution in [2.75, 3.05) is 19.4 Å². The van der Waals surface area contributed by atoms with Crippen molar-refractivity contribution in [3.05, 3.63) is 47.2 Å². The van der Waals surface area contributed by atoms with E-state index in [0.717, 1.165) is 11.8 Å². The van der Waals surface area contributed by atoms with Crippen LogP contribution in [0, 0.1) is 17.2 Å². The number of hydrogen-bond acceptors (Lipinski definition) is 13. The van der Waals surface area contributed by atoms with Gasteiger partial charge in [-0.05, 0) is 67.3 Å². The van der Waals surface area contributed by atoms with Crippen molar-refractivity contribution < 1.29 is 46.3 Å². The monoisotopic (exact) mass is 692 g/mol. The lowest BCUT2D eigenvalue weighted by atomic mass is 9.91. The lowest BCUT2D eigenvalue weighted by Gasteiger charge is -2.29. The number of aromatic nitrogens is 1. The third kappa shape index (κ3) is 10.2. The van der Waals surface area contributed by atoms with E-state index in [-0.39, 0.29) is 37.1 Å². The Kier molecular flexibility index (Phi) is 12.4. The summed E-state index contributed by atoms with van der Waals surface area (Å²) < 4.78 is 44.2. The van der Waals surface area contributed by atoms with Crippen LogP contribution in [-0.4, -0.2) is 85.1 Å². The van der Waals surface area contributed by atoms with Crippen molar-refractivity contribution in [3.8, 4) is 11.9 Å². The fourth-order valence-electron chi connectivity index (χ4n) is 5.04. The van der Waals surface area contributed by atoms with Crippen molar-refractivity contribution in [2.45, 2.75) is 82.9 Å². The average Bonchev–Trinajstić information content (AvgIpc) is 3.62. The molecule has 47 heavy (non-hydrogen) atoms. The smallest absolute Gasteiger partial charge is 0.468 e. The molecular weight excluding hydrogens is 652 g/mol. The van der Waals surface area contributed by atoms with Gasteiger partial charge in [0.2, 0.25) is 11.8 Å². The first-order valence-corrected chi connectivity index (χ1v) is 18.1. The Hall–Kier alpha value is -4.10. The number of amides is 2. The minimum absolute atomic E-state index is 0.0209. The highest BCUT2D eigenvalue weighted by atomic mass is 33.1. The van der Waals surface area contributed by atoms with Crippen LogP contribution in [-0.2, 0) is 32.7 Å². The minimum atomic E-state index is -3.45. The summed E-state index contributed by atoms with van der Waals surface area (Å²) in [4.78, 5) is 52.7. The molecule has 1 saturated heterocycles. The Morgan fingerprint density at radius 2 is 1.87 bits per heavy atom. The van der Waals surface area contributed by atoms with Gasteiger partial charge in [0.1, 0.15) is 30.8 Å². The molecule has 1 aromatic carbocycles. The number of carbonyl (C=O) groups is 4. The summed E-state index contributed by atoms with van der Waals surface area (Å²) in [7, 11) is -2.79. The zero-order valence-electron chi connectivity index (χ0n) is 27.3. The minimum Gasteiger partial charge on any atom is -0.468 e. The second-order valence-corrected chi connectivity index (χ2v) is 17.1. The summed E-state index contributed by atoms with van der Waals surface area (Å²) in [5.74, 6) is -2.02. The van der Waals surface area contributed by atoms with E-state index in [4.69, 9.17) is 24.0 Å². The third-order valence-corrected chi connectivity index (χ3v) is 10.9.